The van der Waals surface area contributed by atoms with Gasteiger partial charge in [-0.25, -0.2) is 0 Å². The number of nitrogens with one attached hydrogen (secondary N) is 2. The third-order valence-electron chi connectivity index (χ3n) is 3.99. The van der Waals surface area contributed by atoms with Crippen molar-refractivity contribution < 1.29 is 19.1 Å². The van der Waals surface area contributed by atoms with Gasteiger partial charge >= 0.3 is 0 Å². The standard InChI is InChI=1S/C22H17Br2ClN2O4/c23-16-7-9-20(18(25)11-16)31-13-22(29)27-26-21(28)12-30-19-8-6-15(10-17(19)24)14-4-2-1-3-5-14/h1-11H,12-13H2,(H,26,28)(H,27,29). The van der Waals surface area contributed by atoms with Gasteiger partial charge in [-0.1, -0.05) is 63.9 Å². The van der Waals surface area contributed by atoms with Gasteiger partial charge in [0, 0.05) is 4.47 Å². The fraction of sp³-hybridized carbons (Fsp3) is 0.0909. The Balaban J connectivity index is 1.43. The summed E-state index contributed by atoms with van der Waals surface area (Å²) in [5, 5.41) is 0.364. The van der Waals surface area contributed by atoms with Gasteiger partial charge in [0.1, 0.15) is 11.5 Å². The van der Waals surface area contributed by atoms with Crippen LogP contribution in [0.4, 0.5) is 0 Å². The number of hydrogen-bond acceptors (Lipinski definition) is 4. The largest absolute Gasteiger partial charge is 0.483 e. The average Bonchev–Trinajstić information content (AvgIpc) is 2.76. The second-order valence-corrected chi connectivity index (χ2v) is 8.44. The Morgan fingerprint density at radius 1 is 0.774 bits per heavy atom. The van der Waals surface area contributed by atoms with Crippen LogP contribution in [0.3, 0.4) is 0 Å². The summed E-state index contributed by atoms with van der Waals surface area (Å²) in [5.74, 6) is -0.192. The van der Waals surface area contributed by atoms with Crippen molar-refractivity contribution in [3.63, 3.8) is 0 Å². The van der Waals surface area contributed by atoms with E-state index in [4.69, 9.17) is 21.1 Å². The van der Waals surface area contributed by atoms with Crippen LogP contribution in [0.5, 0.6) is 11.5 Å². The van der Waals surface area contributed by atoms with Gasteiger partial charge in [0.2, 0.25) is 0 Å². The van der Waals surface area contributed by atoms with Crippen LogP contribution in [0, 0.1) is 0 Å². The molecule has 0 atom stereocenters. The zero-order valence-corrected chi connectivity index (χ0v) is 20.0. The number of carbonyl (C=O) groups excluding carboxylic acids is 2. The van der Waals surface area contributed by atoms with E-state index in [2.05, 4.69) is 42.7 Å². The zero-order chi connectivity index (χ0) is 22.2. The van der Waals surface area contributed by atoms with E-state index in [1.807, 2.05) is 42.5 Å². The van der Waals surface area contributed by atoms with Gasteiger partial charge in [0.15, 0.2) is 13.2 Å². The van der Waals surface area contributed by atoms with Crippen LogP contribution >= 0.6 is 43.5 Å². The SMILES string of the molecule is O=C(COc1ccc(Br)cc1Cl)NNC(=O)COc1ccc(-c2ccccc2)cc1Br. The van der Waals surface area contributed by atoms with E-state index in [0.29, 0.717) is 21.0 Å². The van der Waals surface area contributed by atoms with Gasteiger partial charge in [-0.2, -0.15) is 0 Å². The summed E-state index contributed by atoms with van der Waals surface area (Å²) in [6.07, 6.45) is 0. The molecule has 3 aromatic rings. The van der Waals surface area contributed by atoms with E-state index in [1.165, 1.54) is 0 Å². The fourth-order valence-corrected chi connectivity index (χ4v) is 3.74. The van der Waals surface area contributed by atoms with E-state index in [-0.39, 0.29) is 13.2 Å². The van der Waals surface area contributed by atoms with E-state index >= 15 is 0 Å². The summed E-state index contributed by atoms with van der Waals surface area (Å²) >= 11 is 12.8. The Morgan fingerprint density at radius 3 is 2.00 bits per heavy atom. The molecular formula is C22H17Br2ClN2O4. The number of ether oxygens (including phenoxy) is 2. The smallest absolute Gasteiger partial charge is 0.276 e. The second-order valence-electron chi connectivity index (χ2n) is 6.26. The Kier molecular flexibility index (Phi) is 8.34. The number of hydrazine groups is 1. The van der Waals surface area contributed by atoms with Crippen LogP contribution in [0.1, 0.15) is 0 Å². The van der Waals surface area contributed by atoms with E-state index in [9.17, 15) is 9.59 Å². The molecule has 2 N–H and O–H groups in total. The fourth-order valence-electron chi connectivity index (χ4n) is 2.52. The van der Waals surface area contributed by atoms with Crippen LogP contribution < -0.4 is 20.3 Å². The first kappa shape index (κ1) is 23.1. The summed E-state index contributed by atoms with van der Waals surface area (Å²) in [6.45, 7) is -0.585. The Morgan fingerprint density at radius 2 is 1.39 bits per heavy atom. The summed E-state index contributed by atoms with van der Waals surface area (Å²) in [4.78, 5) is 23.8. The maximum absolute atomic E-state index is 12.0. The van der Waals surface area contributed by atoms with Gasteiger partial charge in [0.25, 0.3) is 11.8 Å². The average molecular weight is 569 g/mol. The van der Waals surface area contributed by atoms with Crippen LogP contribution in [0.25, 0.3) is 11.1 Å². The maximum atomic E-state index is 12.0. The second kappa shape index (κ2) is 11.2. The molecule has 160 valence electrons. The Labute approximate surface area is 201 Å². The molecule has 0 saturated carbocycles. The zero-order valence-electron chi connectivity index (χ0n) is 16.0. The molecule has 2 amide bonds. The highest BCUT2D eigenvalue weighted by Gasteiger charge is 2.10. The number of amides is 2. The van der Waals surface area contributed by atoms with E-state index < -0.39 is 11.8 Å². The van der Waals surface area contributed by atoms with Crippen molar-refractivity contribution >= 4 is 55.3 Å². The number of rotatable bonds is 7. The molecule has 0 fully saturated rings. The highest BCUT2D eigenvalue weighted by molar-refractivity contribution is 9.10. The number of hydrogen-bond donors (Lipinski definition) is 2. The summed E-state index contributed by atoms with van der Waals surface area (Å²) in [7, 11) is 0. The lowest BCUT2D eigenvalue weighted by atomic mass is 10.1. The van der Waals surface area contributed by atoms with Crippen molar-refractivity contribution in [2.45, 2.75) is 0 Å². The van der Waals surface area contributed by atoms with E-state index in [0.717, 1.165) is 15.6 Å². The molecule has 0 unspecified atom stereocenters. The molecule has 0 radical (unpaired) electrons. The third-order valence-corrected chi connectivity index (χ3v) is 5.40. The molecule has 0 aromatic heterocycles. The first-order chi connectivity index (χ1) is 14.9. The molecular weight excluding hydrogens is 552 g/mol. The lowest BCUT2D eigenvalue weighted by Gasteiger charge is -2.12. The number of halogens is 3. The molecule has 0 aliphatic rings. The van der Waals surface area contributed by atoms with Crippen molar-refractivity contribution in [3.05, 3.63) is 80.7 Å². The van der Waals surface area contributed by atoms with Crippen LogP contribution in [0.15, 0.2) is 75.7 Å². The van der Waals surface area contributed by atoms with Gasteiger partial charge in [-0.05, 0) is 57.4 Å². The van der Waals surface area contributed by atoms with Crippen LogP contribution in [0.2, 0.25) is 5.02 Å². The minimum absolute atomic E-state index is 0.275. The lowest BCUT2D eigenvalue weighted by molar-refractivity contribution is -0.131. The van der Waals surface area contributed by atoms with Gasteiger partial charge in [0.05, 0.1) is 9.50 Å². The van der Waals surface area contributed by atoms with Crippen molar-refractivity contribution in [1.29, 1.82) is 0 Å². The van der Waals surface area contributed by atoms with Crippen molar-refractivity contribution in [2.24, 2.45) is 0 Å². The van der Waals surface area contributed by atoms with Gasteiger partial charge in [-0.15, -0.1) is 0 Å². The molecule has 0 bridgehead atoms. The molecule has 0 aliphatic carbocycles. The maximum Gasteiger partial charge on any atom is 0.276 e. The lowest BCUT2D eigenvalue weighted by Crippen LogP contribution is -2.45. The predicted octanol–water partition coefficient (Wildman–Crippen LogP) is 5.14. The highest BCUT2D eigenvalue weighted by Crippen LogP contribution is 2.30. The van der Waals surface area contributed by atoms with Gasteiger partial charge in [-0.3, -0.25) is 20.4 Å². The molecule has 0 aliphatic heterocycles. The molecule has 0 saturated heterocycles. The molecule has 3 rings (SSSR count). The van der Waals surface area contributed by atoms with E-state index in [1.54, 1.807) is 24.3 Å². The molecule has 9 heteroatoms. The summed E-state index contributed by atoms with van der Waals surface area (Å²) in [5.41, 5.74) is 6.61. The van der Waals surface area contributed by atoms with Crippen LogP contribution in [-0.2, 0) is 9.59 Å². The Hall–Kier alpha value is -2.55. The topological polar surface area (TPSA) is 76.7 Å². The van der Waals surface area contributed by atoms with Crippen molar-refractivity contribution in [3.8, 4) is 22.6 Å². The highest BCUT2D eigenvalue weighted by atomic mass is 79.9. The number of benzene rings is 3. The quantitative estimate of drug-likeness (QED) is 0.387. The van der Waals surface area contributed by atoms with Crippen LogP contribution in [-0.4, -0.2) is 25.0 Å². The molecule has 6 nitrogen and oxygen atoms in total. The normalized spacial score (nSPS) is 10.3. The molecule has 3 aromatic carbocycles. The predicted molar refractivity (Wildman–Crippen MR) is 126 cm³/mol. The summed E-state index contributed by atoms with van der Waals surface area (Å²) in [6, 6.07) is 20.5. The molecule has 0 spiro atoms. The molecule has 0 heterocycles. The minimum Gasteiger partial charge on any atom is -0.483 e. The van der Waals surface area contributed by atoms with Crippen molar-refractivity contribution in [2.75, 3.05) is 13.2 Å². The Bertz CT molecular complexity index is 1080. The van der Waals surface area contributed by atoms with Gasteiger partial charge < -0.3 is 9.47 Å². The molecule has 31 heavy (non-hydrogen) atoms. The third kappa shape index (κ3) is 6.99. The monoisotopic (exact) mass is 566 g/mol. The first-order valence-electron chi connectivity index (χ1n) is 9.05. The number of carbonyl (C=O) groups is 2. The summed E-state index contributed by atoms with van der Waals surface area (Å²) < 4.78 is 12.3. The van der Waals surface area contributed by atoms with Crippen molar-refractivity contribution in [1.82, 2.24) is 10.9 Å². The minimum atomic E-state index is -0.541. The first-order valence-corrected chi connectivity index (χ1v) is 11.0.